The van der Waals surface area contributed by atoms with E-state index < -0.39 is 0 Å². The first-order chi connectivity index (χ1) is 9.98. The molecule has 2 aromatic rings. The zero-order chi connectivity index (χ0) is 15.0. The topological polar surface area (TPSA) is 35.5 Å². The molecule has 21 heavy (non-hydrogen) atoms. The van der Waals surface area contributed by atoms with E-state index in [1.54, 1.807) is 0 Å². The summed E-state index contributed by atoms with van der Waals surface area (Å²) in [5.74, 6) is 1.99. The molecule has 3 heteroatoms. The molecule has 1 aliphatic heterocycles. The van der Waals surface area contributed by atoms with Crippen LogP contribution in [0.25, 0.3) is 0 Å². The second-order valence-corrected chi connectivity index (χ2v) is 6.04. The van der Waals surface area contributed by atoms with Gasteiger partial charge in [0, 0.05) is 12.0 Å². The lowest BCUT2D eigenvalue weighted by atomic mass is 10.0. The molecule has 0 aromatic heterocycles. The molecule has 0 saturated heterocycles. The summed E-state index contributed by atoms with van der Waals surface area (Å²) in [7, 11) is 0. The Labute approximate surface area is 124 Å². The SMILES string of the molecule is Cc1ccc(Oc2cccc3c2OC(C)(C)C3)c(C=O)c1. The maximum atomic E-state index is 11.2. The van der Waals surface area contributed by atoms with Crippen LogP contribution in [0.5, 0.6) is 17.2 Å². The average molecular weight is 282 g/mol. The second kappa shape index (κ2) is 4.92. The van der Waals surface area contributed by atoms with Crippen LogP contribution < -0.4 is 9.47 Å². The van der Waals surface area contributed by atoms with Crippen molar-refractivity contribution in [2.24, 2.45) is 0 Å². The van der Waals surface area contributed by atoms with Crippen molar-refractivity contribution >= 4 is 6.29 Å². The van der Waals surface area contributed by atoms with E-state index in [0.29, 0.717) is 17.1 Å². The Morgan fingerprint density at radius 3 is 2.76 bits per heavy atom. The predicted molar refractivity (Wildman–Crippen MR) is 81.5 cm³/mol. The highest BCUT2D eigenvalue weighted by atomic mass is 16.5. The summed E-state index contributed by atoms with van der Waals surface area (Å²) in [5, 5.41) is 0. The number of para-hydroxylation sites is 1. The van der Waals surface area contributed by atoms with E-state index in [9.17, 15) is 4.79 Å². The normalized spacial score (nSPS) is 15.2. The van der Waals surface area contributed by atoms with Crippen molar-refractivity contribution in [3.63, 3.8) is 0 Å². The molecule has 0 spiro atoms. The molecule has 3 rings (SSSR count). The first-order valence-corrected chi connectivity index (χ1v) is 7.03. The molecule has 2 aromatic carbocycles. The highest BCUT2D eigenvalue weighted by Crippen LogP contribution is 2.43. The number of rotatable bonds is 3. The third-order valence-electron chi connectivity index (χ3n) is 3.57. The smallest absolute Gasteiger partial charge is 0.169 e. The third-order valence-corrected chi connectivity index (χ3v) is 3.57. The molecule has 108 valence electrons. The monoisotopic (exact) mass is 282 g/mol. The Hall–Kier alpha value is -2.29. The van der Waals surface area contributed by atoms with E-state index in [1.165, 1.54) is 0 Å². The van der Waals surface area contributed by atoms with Gasteiger partial charge in [-0.05, 0) is 39.0 Å². The lowest BCUT2D eigenvalue weighted by Crippen LogP contribution is -2.24. The van der Waals surface area contributed by atoms with E-state index in [0.717, 1.165) is 29.6 Å². The minimum Gasteiger partial charge on any atom is -0.483 e. The van der Waals surface area contributed by atoms with Crippen LogP contribution in [-0.4, -0.2) is 11.9 Å². The van der Waals surface area contributed by atoms with E-state index in [-0.39, 0.29) is 5.60 Å². The highest BCUT2D eigenvalue weighted by molar-refractivity contribution is 5.80. The lowest BCUT2D eigenvalue weighted by Gasteiger charge is -2.18. The van der Waals surface area contributed by atoms with Gasteiger partial charge in [0.1, 0.15) is 11.4 Å². The fourth-order valence-electron chi connectivity index (χ4n) is 2.64. The van der Waals surface area contributed by atoms with Gasteiger partial charge in [0.05, 0.1) is 5.56 Å². The summed E-state index contributed by atoms with van der Waals surface area (Å²) in [6, 6.07) is 11.4. The second-order valence-electron chi connectivity index (χ2n) is 6.04. The number of aryl methyl sites for hydroxylation is 1. The van der Waals surface area contributed by atoms with Gasteiger partial charge in [-0.3, -0.25) is 4.79 Å². The molecular weight excluding hydrogens is 264 g/mol. The Bertz CT molecular complexity index is 702. The maximum absolute atomic E-state index is 11.2. The van der Waals surface area contributed by atoms with Crippen molar-refractivity contribution in [1.82, 2.24) is 0 Å². The first-order valence-electron chi connectivity index (χ1n) is 7.03. The number of benzene rings is 2. The number of ether oxygens (including phenoxy) is 2. The fourth-order valence-corrected chi connectivity index (χ4v) is 2.64. The van der Waals surface area contributed by atoms with Crippen LogP contribution in [0.2, 0.25) is 0 Å². The van der Waals surface area contributed by atoms with Crippen molar-refractivity contribution in [2.75, 3.05) is 0 Å². The van der Waals surface area contributed by atoms with Gasteiger partial charge in [-0.15, -0.1) is 0 Å². The molecule has 0 aliphatic carbocycles. The standard InChI is InChI=1S/C18H18O3/c1-12-7-8-15(14(9-12)11-19)20-16-6-4-5-13-10-18(2,3)21-17(13)16/h4-9,11H,10H2,1-3H3. The summed E-state index contributed by atoms with van der Waals surface area (Å²) in [6.07, 6.45) is 1.67. The predicted octanol–water partition coefficient (Wildman–Crippen LogP) is 4.31. The molecule has 0 fully saturated rings. The van der Waals surface area contributed by atoms with E-state index in [4.69, 9.17) is 9.47 Å². The molecule has 1 heterocycles. The van der Waals surface area contributed by atoms with Crippen molar-refractivity contribution in [3.05, 3.63) is 53.1 Å². The van der Waals surface area contributed by atoms with E-state index >= 15 is 0 Å². The molecule has 0 unspecified atom stereocenters. The minimum atomic E-state index is -0.220. The van der Waals surface area contributed by atoms with Gasteiger partial charge in [-0.2, -0.15) is 0 Å². The zero-order valence-electron chi connectivity index (χ0n) is 12.5. The van der Waals surface area contributed by atoms with Gasteiger partial charge < -0.3 is 9.47 Å². The zero-order valence-corrected chi connectivity index (χ0v) is 12.5. The Balaban J connectivity index is 1.98. The van der Waals surface area contributed by atoms with Crippen LogP contribution in [0.4, 0.5) is 0 Å². The van der Waals surface area contributed by atoms with Crippen molar-refractivity contribution in [2.45, 2.75) is 32.8 Å². The van der Waals surface area contributed by atoms with Crippen LogP contribution >= 0.6 is 0 Å². The molecule has 0 saturated carbocycles. The van der Waals surface area contributed by atoms with Gasteiger partial charge in [0.2, 0.25) is 0 Å². The van der Waals surface area contributed by atoms with Gasteiger partial charge in [-0.25, -0.2) is 0 Å². The number of carbonyl (C=O) groups excluding carboxylic acids is 1. The first kappa shape index (κ1) is 13.7. The number of hydrogen-bond acceptors (Lipinski definition) is 3. The van der Waals surface area contributed by atoms with Crippen LogP contribution in [-0.2, 0) is 6.42 Å². The quantitative estimate of drug-likeness (QED) is 0.787. The Morgan fingerprint density at radius 2 is 2.00 bits per heavy atom. The summed E-state index contributed by atoms with van der Waals surface area (Å²) < 4.78 is 11.9. The molecule has 0 radical (unpaired) electrons. The summed E-state index contributed by atoms with van der Waals surface area (Å²) in [5.41, 5.74) is 2.49. The highest BCUT2D eigenvalue weighted by Gasteiger charge is 2.32. The average Bonchev–Trinajstić information content (AvgIpc) is 2.75. The Kier molecular flexibility index (Phi) is 3.20. The van der Waals surface area contributed by atoms with Crippen LogP contribution in [0.3, 0.4) is 0 Å². The third kappa shape index (κ3) is 2.64. The van der Waals surface area contributed by atoms with Crippen molar-refractivity contribution < 1.29 is 14.3 Å². The summed E-state index contributed by atoms with van der Waals surface area (Å²) in [4.78, 5) is 11.2. The minimum absolute atomic E-state index is 0.220. The van der Waals surface area contributed by atoms with Gasteiger partial charge in [0.15, 0.2) is 17.8 Å². The van der Waals surface area contributed by atoms with Crippen LogP contribution in [0.1, 0.15) is 35.3 Å². The van der Waals surface area contributed by atoms with Crippen molar-refractivity contribution in [3.8, 4) is 17.2 Å². The fraction of sp³-hybridized carbons (Fsp3) is 0.278. The largest absolute Gasteiger partial charge is 0.483 e. The maximum Gasteiger partial charge on any atom is 0.169 e. The molecule has 1 aliphatic rings. The molecule has 0 bridgehead atoms. The van der Waals surface area contributed by atoms with Gasteiger partial charge >= 0.3 is 0 Å². The summed E-state index contributed by atoms with van der Waals surface area (Å²) >= 11 is 0. The van der Waals surface area contributed by atoms with Crippen LogP contribution in [0, 0.1) is 6.92 Å². The number of aldehydes is 1. The van der Waals surface area contributed by atoms with E-state index in [2.05, 4.69) is 13.8 Å². The van der Waals surface area contributed by atoms with E-state index in [1.807, 2.05) is 43.3 Å². The lowest BCUT2D eigenvalue weighted by molar-refractivity contribution is 0.112. The molecule has 3 nitrogen and oxygen atoms in total. The van der Waals surface area contributed by atoms with Gasteiger partial charge in [0.25, 0.3) is 0 Å². The summed E-state index contributed by atoms with van der Waals surface area (Å²) in [6.45, 7) is 6.06. The van der Waals surface area contributed by atoms with Crippen molar-refractivity contribution in [1.29, 1.82) is 0 Å². The molecule has 0 atom stereocenters. The Morgan fingerprint density at radius 1 is 1.19 bits per heavy atom. The van der Waals surface area contributed by atoms with Gasteiger partial charge in [-0.1, -0.05) is 23.8 Å². The van der Waals surface area contributed by atoms with Crippen LogP contribution in [0.15, 0.2) is 36.4 Å². The number of fused-ring (bicyclic) bond motifs is 1. The molecule has 0 amide bonds. The molecule has 0 N–H and O–H groups in total. The molecular formula is C18H18O3. The number of carbonyl (C=O) groups is 1. The number of hydrogen-bond donors (Lipinski definition) is 0.